The molecule has 0 aromatic carbocycles. The number of ether oxygens (including phenoxy) is 1. The fourth-order valence-corrected chi connectivity index (χ4v) is 2.82. The predicted molar refractivity (Wildman–Crippen MR) is 91.1 cm³/mol. The molecule has 3 N–H and O–H groups in total. The van der Waals surface area contributed by atoms with Crippen LogP contribution in [0.3, 0.4) is 0 Å². The molecule has 122 valence electrons. The minimum atomic E-state index is 0.00723. The van der Waals surface area contributed by atoms with Crippen LogP contribution in [0.1, 0.15) is 12.1 Å². The van der Waals surface area contributed by atoms with Gasteiger partial charge in [-0.05, 0) is 0 Å². The molecular weight excluding hydrogens is 369 g/mol. The van der Waals surface area contributed by atoms with Crippen LogP contribution in [0.25, 0.3) is 0 Å². The summed E-state index contributed by atoms with van der Waals surface area (Å²) in [4.78, 5) is 12.8. The molecular formula is C15H16AsN7O. The molecule has 1 saturated heterocycles. The second-order valence-electron chi connectivity index (χ2n) is 5.22. The zero-order chi connectivity index (χ0) is 16.9. The van der Waals surface area contributed by atoms with Gasteiger partial charge in [-0.2, -0.15) is 0 Å². The molecule has 1 unspecified atom stereocenters. The van der Waals surface area contributed by atoms with Crippen LogP contribution in [0, 0.1) is 11.3 Å². The van der Waals surface area contributed by atoms with Gasteiger partial charge in [-0.25, -0.2) is 0 Å². The number of pyridine rings is 1. The summed E-state index contributed by atoms with van der Waals surface area (Å²) in [5, 5.41) is 18.6. The number of nitrogens with zero attached hydrogens (tertiary/aromatic N) is 4. The van der Waals surface area contributed by atoms with Gasteiger partial charge < -0.3 is 0 Å². The average molecular weight is 385 g/mol. The van der Waals surface area contributed by atoms with Gasteiger partial charge in [0.05, 0.1) is 0 Å². The van der Waals surface area contributed by atoms with Gasteiger partial charge in [0.1, 0.15) is 0 Å². The molecule has 9 heteroatoms. The summed E-state index contributed by atoms with van der Waals surface area (Å²) in [6.07, 6.45) is 4.13. The van der Waals surface area contributed by atoms with Crippen molar-refractivity contribution in [3.63, 3.8) is 0 Å². The molecule has 0 amide bonds. The third-order valence-corrected chi connectivity index (χ3v) is 4.30. The van der Waals surface area contributed by atoms with E-state index in [9.17, 15) is 5.26 Å². The molecule has 0 aliphatic carbocycles. The second kappa shape index (κ2) is 7.47. The molecule has 8 nitrogen and oxygen atoms in total. The number of nitrogens with one attached hydrogen (secondary N) is 3. The SMILES string of the molecule is CNc1cc(Nc2cnc(C#N)c(OC3CCNC3)n2)ncc1[As]. The summed E-state index contributed by atoms with van der Waals surface area (Å²) in [5.41, 5.74) is 1.13. The number of aromatic nitrogens is 3. The Bertz CT molecular complexity index is 771. The Balaban J connectivity index is 1.82. The van der Waals surface area contributed by atoms with Crippen LogP contribution >= 0.6 is 0 Å². The summed E-state index contributed by atoms with van der Waals surface area (Å²) >= 11 is 2.46. The van der Waals surface area contributed by atoms with Gasteiger partial charge in [0.25, 0.3) is 0 Å². The van der Waals surface area contributed by atoms with Crippen molar-refractivity contribution in [3.05, 3.63) is 24.2 Å². The van der Waals surface area contributed by atoms with Crippen LogP contribution in [-0.2, 0) is 0 Å². The van der Waals surface area contributed by atoms with E-state index in [4.69, 9.17) is 4.74 Å². The van der Waals surface area contributed by atoms with Crippen LogP contribution < -0.4 is 25.0 Å². The number of nitriles is 1. The molecule has 1 atom stereocenters. The summed E-state index contributed by atoms with van der Waals surface area (Å²) < 4.78 is 6.79. The van der Waals surface area contributed by atoms with Gasteiger partial charge in [0, 0.05) is 0 Å². The number of anilines is 3. The molecule has 2 aromatic rings. The van der Waals surface area contributed by atoms with Crippen LogP contribution in [-0.4, -0.2) is 58.0 Å². The van der Waals surface area contributed by atoms with Crippen LogP contribution in [0.2, 0.25) is 0 Å². The number of rotatable bonds is 5. The molecule has 1 aliphatic rings. The third kappa shape index (κ3) is 3.75. The fraction of sp³-hybridized carbons (Fsp3) is 0.333. The van der Waals surface area contributed by atoms with E-state index < -0.39 is 0 Å². The van der Waals surface area contributed by atoms with Crippen molar-refractivity contribution >= 4 is 38.5 Å². The Morgan fingerprint density at radius 1 is 1.38 bits per heavy atom. The van der Waals surface area contributed by atoms with E-state index in [-0.39, 0.29) is 17.7 Å². The third-order valence-electron chi connectivity index (χ3n) is 3.55. The van der Waals surface area contributed by atoms with E-state index in [1.165, 1.54) is 6.20 Å². The normalized spacial score (nSPS) is 16.5. The molecule has 1 fully saturated rings. The Labute approximate surface area is 148 Å². The standard InChI is InChI=1S/C15H16AsN7O/c1-18-11-4-13(21-7-10(11)16)22-14-8-20-12(5-17)15(23-14)24-9-2-3-19-6-9/h4,7-9,19H,2-3,6H2,1H3,(H2,18,21,22,23). The zero-order valence-electron chi connectivity index (χ0n) is 13.1. The molecule has 3 heterocycles. The van der Waals surface area contributed by atoms with Crippen LogP contribution in [0.4, 0.5) is 17.3 Å². The first-order chi connectivity index (χ1) is 11.7. The van der Waals surface area contributed by atoms with Gasteiger partial charge in [-0.1, -0.05) is 0 Å². The van der Waals surface area contributed by atoms with E-state index in [0.717, 1.165) is 29.5 Å². The topological polar surface area (TPSA) is 108 Å². The predicted octanol–water partition coefficient (Wildman–Crippen LogP) is 0.0631. The first-order valence-electron chi connectivity index (χ1n) is 7.48. The van der Waals surface area contributed by atoms with Gasteiger partial charge in [-0.3, -0.25) is 0 Å². The van der Waals surface area contributed by atoms with E-state index >= 15 is 0 Å². The van der Waals surface area contributed by atoms with Crippen LogP contribution in [0.5, 0.6) is 5.88 Å². The molecule has 2 radical (unpaired) electrons. The first kappa shape index (κ1) is 16.5. The molecule has 3 rings (SSSR count). The van der Waals surface area contributed by atoms with E-state index in [0.29, 0.717) is 11.6 Å². The van der Waals surface area contributed by atoms with Crippen molar-refractivity contribution in [2.24, 2.45) is 0 Å². The van der Waals surface area contributed by atoms with E-state index in [2.05, 4.69) is 47.8 Å². The molecule has 24 heavy (non-hydrogen) atoms. The quantitative estimate of drug-likeness (QED) is 0.621. The Morgan fingerprint density at radius 2 is 2.25 bits per heavy atom. The minimum absolute atomic E-state index is 0.00723. The van der Waals surface area contributed by atoms with Crippen molar-refractivity contribution in [1.82, 2.24) is 20.3 Å². The summed E-state index contributed by atoms with van der Waals surface area (Å²) in [6.45, 7) is 1.64. The van der Waals surface area contributed by atoms with E-state index in [1.807, 2.05) is 19.2 Å². The second-order valence-corrected chi connectivity index (χ2v) is 6.23. The van der Waals surface area contributed by atoms with Crippen molar-refractivity contribution < 1.29 is 4.74 Å². The van der Waals surface area contributed by atoms with Crippen molar-refractivity contribution in [2.45, 2.75) is 12.5 Å². The number of hydrogen-bond acceptors (Lipinski definition) is 8. The first-order valence-corrected chi connectivity index (χ1v) is 8.41. The monoisotopic (exact) mass is 385 g/mol. The van der Waals surface area contributed by atoms with Crippen molar-refractivity contribution in [3.8, 4) is 11.9 Å². The number of hydrogen-bond donors (Lipinski definition) is 3. The molecule has 0 spiro atoms. The van der Waals surface area contributed by atoms with Gasteiger partial charge in [-0.15, -0.1) is 0 Å². The summed E-state index contributed by atoms with van der Waals surface area (Å²) in [5.74, 6) is 1.35. The van der Waals surface area contributed by atoms with Gasteiger partial charge >= 0.3 is 148 Å². The van der Waals surface area contributed by atoms with Crippen LogP contribution in [0.15, 0.2) is 18.5 Å². The Kier molecular flexibility index (Phi) is 5.14. The zero-order valence-corrected chi connectivity index (χ0v) is 15.0. The van der Waals surface area contributed by atoms with Crippen molar-refractivity contribution in [2.75, 3.05) is 30.8 Å². The Hall–Kier alpha value is -2.36. The Morgan fingerprint density at radius 3 is 2.96 bits per heavy atom. The van der Waals surface area contributed by atoms with E-state index in [1.54, 1.807) is 6.20 Å². The molecule has 0 saturated carbocycles. The maximum absolute atomic E-state index is 9.18. The average Bonchev–Trinajstić information content (AvgIpc) is 3.10. The van der Waals surface area contributed by atoms with Gasteiger partial charge in [0.2, 0.25) is 0 Å². The van der Waals surface area contributed by atoms with Gasteiger partial charge in [0.15, 0.2) is 0 Å². The molecule has 1 aliphatic heterocycles. The maximum atomic E-state index is 9.18. The summed E-state index contributed by atoms with van der Waals surface area (Å²) in [7, 11) is 1.85. The fourth-order valence-electron chi connectivity index (χ4n) is 2.33. The van der Waals surface area contributed by atoms with Crippen molar-refractivity contribution in [1.29, 1.82) is 5.26 Å². The summed E-state index contributed by atoms with van der Waals surface area (Å²) in [6, 6.07) is 3.88. The molecule has 2 aromatic heterocycles. The molecule has 0 bridgehead atoms.